The molecule has 0 radical (unpaired) electrons. The number of nitrogens with zero attached hydrogens (tertiary/aromatic N) is 2. The van der Waals surface area contributed by atoms with Gasteiger partial charge in [0.25, 0.3) is 0 Å². The van der Waals surface area contributed by atoms with Crippen LogP contribution in [0.25, 0.3) is 11.0 Å². The number of anilines is 2. The van der Waals surface area contributed by atoms with Crippen molar-refractivity contribution in [1.29, 1.82) is 0 Å². The van der Waals surface area contributed by atoms with Crippen LogP contribution in [0.5, 0.6) is 0 Å². The maximum atomic E-state index is 6.17. The number of aromatic nitrogens is 3. The van der Waals surface area contributed by atoms with Gasteiger partial charge in [-0.25, -0.2) is 9.97 Å². The average Bonchev–Trinajstić information content (AvgIpc) is 3.01. The van der Waals surface area contributed by atoms with E-state index in [0.29, 0.717) is 5.02 Å². The highest BCUT2D eigenvalue weighted by Gasteiger charge is 2.07. The first kappa shape index (κ1) is 15.7. The van der Waals surface area contributed by atoms with E-state index in [-0.39, 0.29) is 0 Å². The second-order valence-corrected chi connectivity index (χ2v) is 6.46. The quantitative estimate of drug-likeness (QED) is 0.529. The van der Waals surface area contributed by atoms with Crippen molar-refractivity contribution in [2.24, 2.45) is 0 Å². The van der Waals surface area contributed by atoms with Gasteiger partial charge in [0.15, 0.2) is 0 Å². The van der Waals surface area contributed by atoms with Gasteiger partial charge in [0.05, 0.1) is 10.7 Å². The Hall–Kier alpha value is -2.85. The molecule has 0 saturated carbocycles. The van der Waals surface area contributed by atoms with Gasteiger partial charge in [-0.15, -0.1) is 0 Å². The lowest BCUT2D eigenvalue weighted by molar-refractivity contribution is 1.15. The molecule has 5 heteroatoms. The maximum Gasteiger partial charge on any atom is 0.137 e. The van der Waals surface area contributed by atoms with Crippen LogP contribution in [0.1, 0.15) is 16.7 Å². The molecule has 0 unspecified atom stereocenters. The molecule has 0 atom stereocenters. The molecule has 124 valence electrons. The van der Waals surface area contributed by atoms with Crippen LogP contribution in [0.15, 0.2) is 61.1 Å². The van der Waals surface area contributed by atoms with E-state index in [1.807, 2.05) is 48.9 Å². The second kappa shape index (κ2) is 6.57. The van der Waals surface area contributed by atoms with Gasteiger partial charge in [0.2, 0.25) is 0 Å². The van der Waals surface area contributed by atoms with Gasteiger partial charge in [-0.3, -0.25) is 0 Å². The summed E-state index contributed by atoms with van der Waals surface area (Å²) in [5, 5.41) is 5.08. The highest BCUT2D eigenvalue weighted by molar-refractivity contribution is 6.33. The Morgan fingerprint density at radius 2 is 1.96 bits per heavy atom. The van der Waals surface area contributed by atoms with Crippen LogP contribution in [-0.2, 0) is 6.42 Å². The fourth-order valence-electron chi connectivity index (χ4n) is 2.83. The Kier molecular flexibility index (Phi) is 4.12. The van der Waals surface area contributed by atoms with E-state index in [9.17, 15) is 0 Å². The van der Waals surface area contributed by atoms with Gasteiger partial charge in [-0.2, -0.15) is 0 Å². The van der Waals surface area contributed by atoms with Gasteiger partial charge in [0.1, 0.15) is 11.5 Å². The van der Waals surface area contributed by atoms with E-state index >= 15 is 0 Å². The Morgan fingerprint density at radius 3 is 2.76 bits per heavy atom. The summed E-state index contributed by atoms with van der Waals surface area (Å²) in [6.07, 6.45) is 6.60. The first-order valence-electron chi connectivity index (χ1n) is 8.08. The zero-order valence-corrected chi connectivity index (χ0v) is 14.5. The van der Waals surface area contributed by atoms with Crippen LogP contribution in [0.4, 0.5) is 11.5 Å². The number of H-pyrrole nitrogens is 1. The lowest BCUT2D eigenvalue weighted by Gasteiger charge is -2.08. The number of nitrogens with one attached hydrogen (secondary N) is 2. The number of aromatic amines is 1. The molecule has 0 amide bonds. The lowest BCUT2D eigenvalue weighted by Crippen LogP contribution is -1.95. The molecule has 3 heterocycles. The molecule has 1 aromatic carbocycles. The Morgan fingerprint density at radius 1 is 1.08 bits per heavy atom. The number of fused-ring (bicyclic) bond motifs is 1. The number of rotatable bonds is 4. The molecule has 4 nitrogen and oxygen atoms in total. The molecule has 0 spiro atoms. The van der Waals surface area contributed by atoms with Gasteiger partial charge in [-0.05, 0) is 47.9 Å². The number of benzene rings is 1. The third-order valence-electron chi connectivity index (χ3n) is 4.11. The van der Waals surface area contributed by atoms with Crippen LogP contribution >= 0.6 is 11.6 Å². The van der Waals surface area contributed by atoms with E-state index in [1.54, 1.807) is 0 Å². The normalized spacial score (nSPS) is 11.0. The van der Waals surface area contributed by atoms with Crippen molar-refractivity contribution in [2.45, 2.75) is 13.3 Å². The fourth-order valence-corrected chi connectivity index (χ4v) is 3.01. The summed E-state index contributed by atoms with van der Waals surface area (Å²) >= 11 is 6.17. The summed E-state index contributed by atoms with van der Waals surface area (Å²) < 4.78 is 0. The largest absolute Gasteiger partial charge is 0.346 e. The van der Waals surface area contributed by atoms with Crippen molar-refractivity contribution in [3.63, 3.8) is 0 Å². The summed E-state index contributed by atoms with van der Waals surface area (Å²) in [5.41, 5.74) is 5.30. The molecule has 0 bridgehead atoms. The minimum absolute atomic E-state index is 0.676. The zero-order chi connectivity index (χ0) is 17.2. The smallest absolute Gasteiger partial charge is 0.137 e. The van der Waals surface area contributed by atoms with E-state index in [0.717, 1.165) is 34.7 Å². The number of pyridine rings is 2. The fraction of sp³-hybridized carbons (Fsp3) is 0.100. The van der Waals surface area contributed by atoms with E-state index in [4.69, 9.17) is 11.6 Å². The minimum atomic E-state index is 0.676. The van der Waals surface area contributed by atoms with Crippen molar-refractivity contribution in [3.05, 3.63) is 82.8 Å². The number of halogens is 1. The molecule has 0 aliphatic heterocycles. The minimum Gasteiger partial charge on any atom is -0.346 e. The molecule has 0 aliphatic carbocycles. The summed E-state index contributed by atoms with van der Waals surface area (Å²) in [5.74, 6) is 0.772. The van der Waals surface area contributed by atoms with Crippen LogP contribution in [0, 0.1) is 6.92 Å². The first-order chi connectivity index (χ1) is 12.2. The molecule has 3 aromatic heterocycles. The standard InChI is InChI=1S/C20H17ClN4/c1-13-8-16-15(12-24-20(16)23-10-13)9-14-6-7-19(22-11-14)25-18-5-3-2-4-17(18)21/h2-8,10-12H,9H2,1H3,(H,22,25)(H,23,24). The molecule has 4 aromatic rings. The predicted molar refractivity (Wildman–Crippen MR) is 103 cm³/mol. The van der Waals surface area contributed by atoms with Crippen molar-refractivity contribution < 1.29 is 0 Å². The summed E-state index contributed by atoms with van der Waals surface area (Å²) in [6, 6.07) is 13.8. The van der Waals surface area contributed by atoms with Crippen molar-refractivity contribution >= 4 is 34.1 Å². The van der Waals surface area contributed by atoms with Crippen LogP contribution < -0.4 is 5.32 Å². The second-order valence-electron chi connectivity index (χ2n) is 6.06. The highest BCUT2D eigenvalue weighted by atomic mass is 35.5. The Bertz CT molecular complexity index is 1020. The number of aryl methyl sites for hydroxylation is 1. The van der Waals surface area contributed by atoms with Crippen molar-refractivity contribution in [1.82, 2.24) is 15.0 Å². The molecule has 4 rings (SSSR count). The van der Waals surface area contributed by atoms with Crippen LogP contribution in [-0.4, -0.2) is 15.0 Å². The van der Waals surface area contributed by atoms with E-state index < -0.39 is 0 Å². The molecular formula is C20H17ClN4. The highest BCUT2D eigenvalue weighted by Crippen LogP contribution is 2.25. The van der Waals surface area contributed by atoms with Gasteiger partial charge in [-0.1, -0.05) is 29.8 Å². The Labute approximate surface area is 150 Å². The van der Waals surface area contributed by atoms with Gasteiger partial charge in [0, 0.05) is 30.4 Å². The molecule has 0 fully saturated rings. The molecule has 25 heavy (non-hydrogen) atoms. The van der Waals surface area contributed by atoms with Crippen molar-refractivity contribution in [2.75, 3.05) is 5.32 Å². The van der Waals surface area contributed by atoms with E-state index in [1.165, 1.54) is 10.9 Å². The number of para-hydroxylation sites is 1. The van der Waals surface area contributed by atoms with Crippen LogP contribution in [0.3, 0.4) is 0 Å². The topological polar surface area (TPSA) is 53.6 Å². The molecule has 2 N–H and O–H groups in total. The molecule has 0 aliphatic rings. The maximum absolute atomic E-state index is 6.17. The van der Waals surface area contributed by atoms with E-state index in [2.05, 4.69) is 39.3 Å². The van der Waals surface area contributed by atoms with Gasteiger partial charge >= 0.3 is 0 Å². The summed E-state index contributed by atoms with van der Waals surface area (Å²) in [4.78, 5) is 12.1. The molecule has 0 saturated heterocycles. The molecular weight excluding hydrogens is 332 g/mol. The van der Waals surface area contributed by atoms with Crippen molar-refractivity contribution in [3.8, 4) is 0 Å². The SMILES string of the molecule is Cc1cnc2[nH]cc(Cc3ccc(Nc4ccccc4Cl)nc3)c2c1. The zero-order valence-electron chi connectivity index (χ0n) is 13.8. The number of hydrogen-bond acceptors (Lipinski definition) is 3. The van der Waals surface area contributed by atoms with Gasteiger partial charge < -0.3 is 10.3 Å². The lowest BCUT2D eigenvalue weighted by atomic mass is 10.1. The summed E-state index contributed by atoms with van der Waals surface area (Å²) in [7, 11) is 0. The number of hydrogen-bond donors (Lipinski definition) is 2. The Balaban J connectivity index is 1.54. The predicted octanol–water partition coefficient (Wildman–Crippen LogP) is 5.25. The summed E-state index contributed by atoms with van der Waals surface area (Å²) in [6.45, 7) is 2.06. The third kappa shape index (κ3) is 3.35. The van der Waals surface area contributed by atoms with Crippen LogP contribution in [0.2, 0.25) is 5.02 Å². The third-order valence-corrected chi connectivity index (χ3v) is 4.44. The monoisotopic (exact) mass is 348 g/mol. The average molecular weight is 349 g/mol. The first-order valence-corrected chi connectivity index (χ1v) is 8.46.